The van der Waals surface area contributed by atoms with E-state index in [1.54, 1.807) is 11.8 Å². The highest BCUT2D eigenvalue weighted by Gasteiger charge is 2.30. The number of likely N-dealkylation sites (tertiary alicyclic amines) is 1. The zero-order valence-electron chi connectivity index (χ0n) is 6.16. The summed E-state index contributed by atoms with van der Waals surface area (Å²) >= 11 is 1.80. The summed E-state index contributed by atoms with van der Waals surface area (Å²) < 4.78 is 0. The van der Waals surface area contributed by atoms with Crippen LogP contribution in [0.1, 0.15) is 6.42 Å². The Morgan fingerprint density at radius 1 is 1.73 bits per heavy atom. The van der Waals surface area contributed by atoms with Crippen LogP contribution in [-0.2, 0) is 0 Å². The average molecular weight is 165 g/mol. The molecule has 2 atom stereocenters. The maximum Gasteiger partial charge on any atom is 0.179 e. The van der Waals surface area contributed by atoms with Gasteiger partial charge in [-0.3, -0.25) is 0 Å². The first-order valence-electron chi connectivity index (χ1n) is 3.79. The van der Waals surface area contributed by atoms with Gasteiger partial charge in [0.05, 0.1) is 0 Å². The fourth-order valence-corrected chi connectivity index (χ4v) is 2.56. The minimum absolute atomic E-state index is 0.577. The van der Waals surface area contributed by atoms with E-state index in [9.17, 15) is 0 Å². The molecule has 57 valence electrons. The number of hydrogen-bond donors (Lipinski definition) is 0. The van der Waals surface area contributed by atoms with E-state index in [0.29, 0.717) is 11.2 Å². The lowest BCUT2D eigenvalue weighted by molar-refractivity contribution is 0.285. The van der Waals surface area contributed by atoms with Crippen molar-refractivity contribution in [1.29, 1.82) is 5.26 Å². The van der Waals surface area contributed by atoms with Crippen LogP contribution in [0, 0.1) is 22.8 Å². The summed E-state index contributed by atoms with van der Waals surface area (Å²) in [6, 6.07) is 0. The summed E-state index contributed by atoms with van der Waals surface area (Å²) in [4.78, 5) is 1.84. The molecular weight excluding hydrogens is 156 g/mol. The van der Waals surface area contributed by atoms with E-state index in [0.717, 1.165) is 19.5 Å². The Hall–Kier alpha value is -0.620. The van der Waals surface area contributed by atoms with Crippen molar-refractivity contribution in [2.45, 2.75) is 11.7 Å². The van der Waals surface area contributed by atoms with Crippen LogP contribution >= 0.6 is 11.8 Å². The van der Waals surface area contributed by atoms with E-state index < -0.39 is 0 Å². The minimum Gasteiger partial charge on any atom is -0.310 e. The van der Waals surface area contributed by atoms with Crippen LogP contribution in [0.25, 0.3) is 0 Å². The lowest BCUT2D eigenvalue weighted by Gasteiger charge is -2.30. The molecule has 2 aliphatic heterocycles. The molecule has 0 amide bonds. The molecule has 3 heteroatoms. The molecule has 0 N–H and O–H groups in total. The van der Waals surface area contributed by atoms with E-state index in [-0.39, 0.29) is 0 Å². The number of piperidine rings is 1. The lowest BCUT2D eigenvalue weighted by Crippen LogP contribution is -2.36. The van der Waals surface area contributed by atoms with Gasteiger partial charge in [0.1, 0.15) is 0 Å². The third kappa shape index (κ3) is 1.23. The predicted octanol–water partition coefficient (Wildman–Crippen LogP) is 1.22. The van der Waals surface area contributed by atoms with Gasteiger partial charge in [0, 0.05) is 29.7 Å². The summed E-state index contributed by atoms with van der Waals surface area (Å²) in [5.41, 5.74) is 0. The highest BCUT2D eigenvalue weighted by molar-refractivity contribution is 8.01. The normalized spacial score (nSPS) is 35.0. The summed E-state index contributed by atoms with van der Waals surface area (Å²) in [7, 11) is 0. The average Bonchev–Trinajstić information content (AvgIpc) is 2.50. The standard InChI is InChI=1S/C8H9N2S/c9-6-10-3-1-8-7(5-10)2-4-11-8/h2,7-8H,1,3,5H2. The topological polar surface area (TPSA) is 27.0 Å². The molecule has 1 fully saturated rings. The first kappa shape index (κ1) is 7.05. The smallest absolute Gasteiger partial charge is 0.179 e. The Labute approximate surface area is 70.9 Å². The molecule has 1 radical (unpaired) electrons. The molecule has 2 nitrogen and oxygen atoms in total. The van der Waals surface area contributed by atoms with Crippen molar-refractivity contribution in [3.63, 3.8) is 0 Å². The van der Waals surface area contributed by atoms with Crippen molar-refractivity contribution >= 4 is 11.8 Å². The highest BCUT2D eigenvalue weighted by atomic mass is 32.2. The summed E-state index contributed by atoms with van der Waals surface area (Å²) in [5.74, 6) is 0.577. The molecule has 2 heterocycles. The van der Waals surface area contributed by atoms with E-state index in [1.807, 2.05) is 4.90 Å². The second kappa shape index (κ2) is 2.78. The van der Waals surface area contributed by atoms with Crippen LogP contribution in [0.2, 0.25) is 0 Å². The quantitative estimate of drug-likeness (QED) is 0.505. The molecule has 2 aliphatic rings. The van der Waals surface area contributed by atoms with Crippen LogP contribution in [0.3, 0.4) is 0 Å². The maximum atomic E-state index is 8.65. The molecule has 0 aromatic heterocycles. The molecule has 0 saturated carbocycles. The number of nitriles is 1. The number of fused-ring (bicyclic) bond motifs is 1. The highest BCUT2D eigenvalue weighted by Crippen LogP contribution is 2.34. The second-order valence-corrected chi connectivity index (χ2v) is 4.02. The van der Waals surface area contributed by atoms with Gasteiger partial charge < -0.3 is 4.90 Å². The lowest BCUT2D eigenvalue weighted by atomic mass is 9.98. The largest absolute Gasteiger partial charge is 0.310 e. The molecule has 0 aromatic carbocycles. The Morgan fingerprint density at radius 2 is 2.64 bits per heavy atom. The fourth-order valence-electron chi connectivity index (χ4n) is 1.57. The Bertz CT molecular complexity index is 219. The third-order valence-corrected chi connectivity index (χ3v) is 3.40. The van der Waals surface area contributed by atoms with Crippen molar-refractivity contribution in [3.05, 3.63) is 11.5 Å². The molecule has 2 rings (SSSR count). The zero-order valence-corrected chi connectivity index (χ0v) is 6.97. The van der Waals surface area contributed by atoms with Crippen LogP contribution in [0.4, 0.5) is 0 Å². The van der Waals surface area contributed by atoms with Gasteiger partial charge in [-0.05, 0) is 6.42 Å². The Morgan fingerprint density at radius 3 is 3.45 bits per heavy atom. The van der Waals surface area contributed by atoms with Crippen molar-refractivity contribution in [1.82, 2.24) is 4.90 Å². The molecule has 0 bridgehead atoms. The third-order valence-electron chi connectivity index (χ3n) is 2.24. The van der Waals surface area contributed by atoms with E-state index in [4.69, 9.17) is 5.26 Å². The second-order valence-electron chi connectivity index (χ2n) is 2.94. The predicted molar refractivity (Wildman–Crippen MR) is 44.5 cm³/mol. The summed E-state index contributed by atoms with van der Waals surface area (Å²) in [6.45, 7) is 1.83. The van der Waals surface area contributed by atoms with Gasteiger partial charge in [-0.25, -0.2) is 0 Å². The number of rotatable bonds is 0. The Kier molecular flexibility index (Phi) is 1.79. The van der Waals surface area contributed by atoms with E-state index >= 15 is 0 Å². The van der Waals surface area contributed by atoms with Gasteiger partial charge in [0.2, 0.25) is 0 Å². The first-order valence-corrected chi connectivity index (χ1v) is 4.67. The van der Waals surface area contributed by atoms with Gasteiger partial charge in [0.25, 0.3) is 0 Å². The molecule has 2 unspecified atom stereocenters. The Balaban J connectivity index is 2.02. The van der Waals surface area contributed by atoms with Crippen LogP contribution in [-0.4, -0.2) is 23.2 Å². The molecule has 1 saturated heterocycles. The summed E-state index contributed by atoms with van der Waals surface area (Å²) in [5, 5.41) is 12.5. The van der Waals surface area contributed by atoms with Crippen molar-refractivity contribution in [2.75, 3.05) is 13.1 Å². The van der Waals surface area contributed by atoms with Crippen LogP contribution in [0.15, 0.2) is 6.08 Å². The monoisotopic (exact) mass is 165 g/mol. The molecule has 11 heavy (non-hydrogen) atoms. The molecule has 0 aromatic rings. The molecule has 0 spiro atoms. The molecule has 0 aliphatic carbocycles. The van der Waals surface area contributed by atoms with Gasteiger partial charge in [0.15, 0.2) is 6.19 Å². The van der Waals surface area contributed by atoms with Gasteiger partial charge in [-0.15, -0.1) is 11.8 Å². The van der Waals surface area contributed by atoms with E-state index in [1.165, 1.54) is 0 Å². The van der Waals surface area contributed by atoms with Crippen molar-refractivity contribution in [3.8, 4) is 6.19 Å². The fraction of sp³-hybridized carbons (Fsp3) is 0.625. The van der Waals surface area contributed by atoms with Gasteiger partial charge >= 0.3 is 0 Å². The zero-order chi connectivity index (χ0) is 7.68. The minimum atomic E-state index is 0.577. The SMILES string of the molecule is N#CN1CCC2S[C]=CC2C1. The van der Waals surface area contributed by atoms with Gasteiger partial charge in [-0.2, -0.15) is 5.26 Å². The van der Waals surface area contributed by atoms with Crippen molar-refractivity contribution in [2.24, 2.45) is 5.92 Å². The van der Waals surface area contributed by atoms with Gasteiger partial charge in [-0.1, -0.05) is 6.08 Å². The van der Waals surface area contributed by atoms with E-state index in [2.05, 4.69) is 17.7 Å². The molecular formula is C8H9N2S. The van der Waals surface area contributed by atoms with Crippen molar-refractivity contribution < 1.29 is 0 Å². The van der Waals surface area contributed by atoms with Crippen LogP contribution in [0.5, 0.6) is 0 Å². The summed E-state index contributed by atoms with van der Waals surface area (Å²) in [6.07, 6.45) is 5.43. The number of thioether (sulfide) groups is 1. The maximum absolute atomic E-state index is 8.65. The first-order chi connectivity index (χ1) is 5.40. The number of nitrogens with zero attached hydrogens (tertiary/aromatic N) is 2. The number of hydrogen-bond acceptors (Lipinski definition) is 3. The van der Waals surface area contributed by atoms with Crippen LogP contribution < -0.4 is 0 Å².